The van der Waals surface area contributed by atoms with Crippen LogP contribution in [0.2, 0.25) is 0 Å². The highest BCUT2D eigenvalue weighted by Gasteiger charge is 2.17. The maximum Gasteiger partial charge on any atom is 0.161 e. The predicted octanol–water partition coefficient (Wildman–Crippen LogP) is 4.61. The Balaban J connectivity index is 1.49. The summed E-state index contributed by atoms with van der Waals surface area (Å²) in [5, 5.41) is 3.12. The second-order valence-corrected chi connectivity index (χ2v) is 7.47. The zero-order valence-electron chi connectivity index (χ0n) is 16.2. The standard InChI is InChI=1S/C22H24N2O3S/c1-3-26-20-9-8-16(12-21(20)25-2)22-23-18(15-28-22)14-24-10-11-27-19-7-5-4-6-17(19)13-24/h4-9,12,15H,3,10-11,13-14H2,1-2H3. The van der Waals surface area contributed by atoms with Gasteiger partial charge in [-0.05, 0) is 31.2 Å². The molecule has 0 saturated carbocycles. The number of thiazole rings is 1. The van der Waals surface area contributed by atoms with Crippen LogP contribution < -0.4 is 14.2 Å². The van der Waals surface area contributed by atoms with Crippen LogP contribution in [0.3, 0.4) is 0 Å². The molecule has 0 N–H and O–H groups in total. The molecule has 0 spiro atoms. The molecule has 0 bridgehead atoms. The van der Waals surface area contributed by atoms with E-state index < -0.39 is 0 Å². The second-order valence-electron chi connectivity index (χ2n) is 6.61. The number of benzene rings is 2. The normalized spacial score (nSPS) is 14.1. The van der Waals surface area contributed by atoms with Crippen LogP contribution in [-0.2, 0) is 13.1 Å². The summed E-state index contributed by atoms with van der Waals surface area (Å²) in [6.45, 7) is 5.84. The maximum absolute atomic E-state index is 5.86. The number of aromatic nitrogens is 1. The van der Waals surface area contributed by atoms with Gasteiger partial charge in [0.15, 0.2) is 11.5 Å². The first-order chi connectivity index (χ1) is 13.8. The predicted molar refractivity (Wildman–Crippen MR) is 111 cm³/mol. The van der Waals surface area contributed by atoms with E-state index in [1.165, 1.54) is 5.56 Å². The van der Waals surface area contributed by atoms with Crippen molar-refractivity contribution in [3.8, 4) is 27.8 Å². The fourth-order valence-electron chi connectivity index (χ4n) is 3.33. The molecule has 4 rings (SSSR count). The molecule has 0 fully saturated rings. The summed E-state index contributed by atoms with van der Waals surface area (Å²) in [5.41, 5.74) is 3.35. The molecule has 6 heteroatoms. The van der Waals surface area contributed by atoms with Crippen molar-refractivity contribution in [2.45, 2.75) is 20.0 Å². The molecule has 1 aromatic heterocycles. The number of hydrogen-bond acceptors (Lipinski definition) is 6. The van der Waals surface area contributed by atoms with E-state index in [0.717, 1.165) is 53.1 Å². The van der Waals surface area contributed by atoms with E-state index in [9.17, 15) is 0 Å². The van der Waals surface area contributed by atoms with Crippen LogP contribution in [0.5, 0.6) is 17.2 Å². The molecule has 0 atom stereocenters. The van der Waals surface area contributed by atoms with Crippen LogP contribution in [0.15, 0.2) is 47.8 Å². The zero-order chi connectivity index (χ0) is 19.3. The van der Waals surface area contributed by atoms with E-state index in [1.54, 1.807) is 18.4 Å². The molecule has 3 aromatic rings. The molecule has 1 aliphatic heterocycles. The van der Waals surface area contributed by atoms with Gasteiger partial charge >= 0.3 is 0 Å². The first-order valence-corrected chi connectivity index (χ1v) is 10.3. The van der Waals surface area contributed by atoms with Crippen LogP contribution >= 0.6 is 11.3 Å². The van der Waals surface area contributed by atoms with E-state index in [0.29, 0.717) is 13.2 Å². The largest absolute Gasteiger partial charge is 0.493 e. The summed E-state index contributed by atoms with van der Waals surface area (Å²) in [4.78, 5) is 7.23. The van der Waals surface area contributed by atoms with Gasteiger partial charge in [-0.15, -0.1) is 11.3 Å². The van der Waals surface area contributed by atoms with Gasteiger partial charge in [-0.1, -0.05) is 18.2 Å². The number of ether oxygens (including phenoxy) is 3. The van der Waals surface area contributed by atoms with Gasteiger partial charge < -0.3 is 14.2 Å². The third kappa shape index (κ3) is 4.13. The Morgan fingerprint density at radius 2 is 2.07 bits per heavy atom. The number of para-hydroxylation sites is 1. The van der Waals surface area contributed by atoms with Gasteiger partial charge in [-0.25, -0.2) is 4.98 Å². The summed E-state index contributed by atoms with van der Waals surface area (Å²) in [5.74, 6) is 2.48. The maximum atomic E-state index is 5.86. The summed E-state index contributed by atoms with van der Waals surface area (Å²) in [7, 11) is 1.66. The summed E-state index contributed by atoms with van der Waals surface area (Å²) >= 11 is 1.66. The lowest BCUT2D eigenvalue weighted by Crippen LogP contribution is -2.25. The molecule has 0 aliphatic carbocycles. The Kier molecular flexibility index (Phi) is 5.78. The molecular weight excluding hydrogens is 372 g/mol. The first kappa shape index (κ1) is 18.8. The van der Waals surface area contributed by atoms with Crippen molar-refractivity contribution in [2.75, 3.05) is 26.9 Å². The van der Waals surface area contributed by atoms with Crippen molar-refractivity contribution in [3.05, 3.63) is 59.1 Å². The zero-order valence-corrected chi connectivity index (χ0v) is 17.0. The number of fused-ring (bicyclic) bond motifs is 1. The van der Waals surface area contributed by atoms with Gasteiger partial charge in [0.2, 0.25) is 0 Å². The third-order valence-electron chi connectivity index (χ3n) is 4.68. The molecule has 0 saturated heterocycles. The highest BCUT2D eigenvalue weighted by atomic mass is 32.1. The topological polar surface area (TPSA) is 43.8 Å². The minimum Gasteiger partial charge on any atom is -0.493 e. The number of hydrogen-bond donors (Lipinski definition) is 0. The van der Waals surface area contributed by atoms with E-state index in [2.05, 4.69) is 22.4 Å². The van der Waals surface area contributed by atoms with Crippen LogP contribution in [-0.4, -0.2) is 36.8 Å². The Hall–Kier alpha value is -2.57. The number of nitrogens with zero attached hydrogens (tertiary/aromatic N) is 2. The van der Waals surface area contributed by atoms with E-state index in [1.807, 2.05) is 37.3 Å². The van der Waals surface area contributed by atoms with Gasteiger partial charge in [0.05, 0.1) is 19.4 Å². The van der Waals surface area contributed by atoms with Gasteiger partial charge in [-0.2, -0.15) is 0 Å². The quantitative estimate of drug-likeness (QED) is 0.609. The van der Waals surface area contributed by atoms with Gasteiger partial charge in [-0.3, -0.25) is 4.90 Å². The molecule has 5 nitrogen and oxygen atoms in total. The molecule has 0 unspecified atom stereocenters. The van der Waals surface area contributed by atoms with Crippen molar-refractivity contribution in [1.29, 1.82) is 0 Å². The lowest BCUT2D eigenvalue weighted by Gasteiger charge is -2.17. The molecule has 2 heterocycles. The summed E-state index contributed by atoms with van der Waals surface area (Å²) in [6.07, 6.45) is 0. The fraction of sp³-hybridized carbons (Fsp3) is 0.318. The minimum absolute atomic E-state index is 0.611. The van der Waals surface area contributed by atoms with Gasteiger partial charge in [0.25, 0.3) is 0 Å². The molecule has 2 aromatic carbocycles. The molecule has 0 amide bonds. The monoisotopic (exact) mass is 396 g/mol. The Labute approximate surface area is 169 Å². The van der Waals surface area contributed by atoms with Crippen molar-refractivity contribution < 1.29 is 14.2 Å². The average Bonchev–Trinajstić information content (AvgIpc) is 3.08. The van der Waals surface area contributed by atoms with Gasteiger partial charge in [0.1, 0.15) is 17.4 Å². The smallest absolute Gasteiger partial charge is 0.161 e. The van der Waals surface area contributed by atoms with Crippen molar-refractivity contribution in [2.24, 2.45) is 0 Å². The van der Waals surface area contributed by atoms with E-state index in [4.69, 9.17) is 19.2 Å². The highest BCUT2D eigenvalue weighted by molar-refractivity contribution is 7.13. The van der Waals surface area contributed by atoms with E-state index in [-0.39, 0.29) is 0 Å². The van der Waals surface area contributed by atoms with Crippen LogP contribution in [0, 0.1) is 0 Å². The number of methoxy groups -OCH3 is 1. The molecule has 146 valence electrons. The summed E-state index contributed by atoms with van der Waals surface area (Å²) in [6, 6.07) is 14.2. The van der Waals surface area contributed by atoms with Crippen molar-refractivity contribution in [3.63, 3.8) is 0 Å². The lowest BCUT2D eigenvalue weighted by atomic mass is 10.2. The van der Waals surface area contributed by atoms with E-state index >= 15 is 0 Å². The third-order valence-corrected chi connectivity index (χ3v) is 5.62. The second kappa shape index (κ2) is 8.63. The highest BCUT2D eigenvalue weighted by Crippen LogP contribution is 2.34. The molecule has 28 heavy (non-hydrogen) atoms. The van der Waals surface area contributed by atoms with Crippen LogP contribution in [0.4, 0.5) is 0 Å². The van der Waals surface area contributed by atoms with Crippen LogP contribution in [0.1, 0.15) is 18.2 Å². The SMILES string of the molecule is CCOc1ccc(-c2nc(CN3CCOc4ccccc4C3)cs2)cc1OC. The number of rotatable bonds is 6. The Morgan fingerprint density at radius 1 is 1.18 bits per heavy atom. The fourth-order valence-corrected chi connectivity index (χ4v) is 4.14. The Bertz CT molecular complexity index is 941. The van der Waals surface area contributed by atoms with Gasteiger partial charge in [0, 0.05) is 36.1 Å². The van der Waals surface area contributed by atoms with Crippen molar-refractivity contribution >= 4 is 11.3 Å². The Morgan fingerprint density at radius 3 is 2.93 bits per heavy atom. The first-order valence-electron chi connectivity index (χ1n) is 9.45. The summed E-state index contributed by atoms with van der Waals surface area (Å²) < 4.78 is 16.9. The molecule has 1 aliphatic rings. The average molecular weight is 397 g/mol. The lowest BCUT2D eigenvalue weighted by molar-refractivity contribution is 0.218. The van der Waals surface area contributed by atoms with Crippen molar-refractivity contribution in [1.82, 2.24) is 9.88 Å². The minimum atomic E-state index is 0.611. The molecule has 0 radical (unpaired) electrons. The molecular formula is C22H24N2O3S. The van der Waals surface area contributed by atoms with Crippen LogP contribution in [0.25, 0.3) is 10.6 Å².